The van der Waals surface area contributed by atoms with Crippen LogP contribution in [0, 0.1) is 0 Å². The largest absolute Gasteiger partial charge is 0.494 e. The van der Waals surface area contributed by atoms with Crippen LogP contribution in [0.3, 0.4) is 0 Å². The number of nitrogens with one attached hydrogen (secondary N) is 1. The first-order valence-corrected chi connectivity index (χ1v) is 10.2. The van der Waals surface area contributed by atoms with E-state index in [1.165, 1.54) is 10.6 Å². The second kappa shape index (κ2) is 9.17. The van der Waals surface area contributed by atoms with Crippen molar-refractivity contribution in [3.63, 3.8) is 0 Å². The van der Waals surface area contributed by atoms with E-state index in [1.807, 2.05) is 13.8 Å². The first-order chi connectivity index (χ1) is 14.4. The highest BCUT2D eigenvalue weighted by Crippen LogP contribution is 2.20. The molecule has 1 heterocycles. The molecule has 2 aromatic carbocycles. The molecule has 8 heteroatoms. The second-order valence-corrected chi connectivity index (χ2v) is 7.28. The van der Waals surface area contributed by atoms with Gasteiger partial charge in [-0.2, -0.15) is 0 Å². The summed E-state index contributed by atoms with van der Waals surface area (Å²) in [6, 6.07) is 10.5. The summed E-state index contributed by atoms with van der Waals surface area (Å²) >= 11 is 6.13. The third-order valence-corrected chi connectivity index (χ3v) is 5.01. The summed E-state index contributed by atoms with van der Waals surface area (Å²) in [7, 11) is 0. The quantitative estimate of drug-likeness (QED) is 0.624. The zero-order valence-corrected chi connectivity index (χ0v) is 17.9. The molecule has 1 aromatic heterocycles. The Morgan fingerprint density at radius 1 is 1.13 bits per heavy atom. The first-order valence-electron chi connectivity index (χ1n) is 9.86. The van der Waals surface area contributed by atoms with Crippen molar-refractivity contribution in [1.29, 1.82) is 0 Å². The molecule has 7 nitrogen and oxygen atoms in total. The van der Waals surface area contributed by atoms with Crippen molar-refractivity contribution < 1.29 is 9.53 Å². The van der Waals surface area contributed by atoms with Crippen molar-refractivity contribution >= 4 is 28.4 Å². The first kappa shape index (κ1) is 21.6. The lowest BCUT2D eigenvalue weighted by Gasteiger charge is -2.20. The van der Waals surface area contributed by atoms with Gasteiger partial charge in [-0.05, 0) is 62.7 Å². The van der Waals surface area contributed by atoms with Crippen molar-refractivity contribution in [2.24, 2.45) is 0 Å². The summed E-state index contributed by atoms with van der Waals surface area (Å²) in [4.78, 5) is 39.2. The molecule has 0 radical (unpaired) electrons. The number of fused-ring (bicyclic) bond motifs is 1. The van der Waals surface area contributed by atoms with Gasteiger partial charge in [-0.15, -0.1) is 0 Å². The van der Waals surface area contributed by atoms with Crippen molar-refractivity contribution in [2.75, 3.05) is 13.2 Å². The van der Waals surface area contributed by atoms with Crippen LogP contribution < -0.4 is 21.3 Å². The Bertz CT molecular complexity index is 1180. The van der Waals surface area contributed by atoms with Crippen LogP contribution in [-0.2, 0) is 4.79 Å². The normalized spacial score (nSPS) is 12.0. The lowest BCUT2D eigenvalue weighted by Crippen LogP contribution is -2.43. The third kappa shape index (κ3) is 4.11. The fraction of sp³-hybridized carbons (Fsp3) is 0.318. The van der Waals surface area contributed by atoms with Gasteiger partial charge in [0.15, 0.2) is 0 Å². The number of nitrogens with zero attached hydrogens (tertiary/aromatic N) is 2. The van der Waals surface area contributed by atoms with Gasteiger partial charge in [0, 0.05) is 11.6 Å². The molecule has 0 bridgehead atoms. The predicted molar refractivity (Wildman–Crippen MR) is 118 cm³/mol. The van der Waals surface area contributed by atoms with E-state index >= 15 is 0 Å². The molecule has 1 amide bonds. The van der Waals surface area contributed by atoms with Crippen LogP contribution in [0.1, 0.15) is 33.2 Å². The van der Waals surface area contributed by atoms with E-state index in [2.05, 4.69) is 5.32 Å². The Hall–Kier alpha value is -3.06. The molecule has 0 unspecified atom stereocenters. The monoisotopic (exact) mass is 429 g/mol. The average Bonchev–Trinajstić information content (AvgIpc) is 2.73. The molecule has 158 valence electrons. The van der Waals surface area contributed by atoms with Crippen molar-refractivity contribution in [3.05, 3.63) is 68.3 Å². The molecule has 0 saturated carbocycles. The Morgan fingerprint density at radius 3 is 2.47 bits per heavy atom. The van der Waals surface area contributed by atoms with Crippen LogP contribution in [0.2, 0.25) is 5.02 Å². The van der Waals surface area contributed by atoms with Crippen molar-refractivity contribution in [2.45, 2.75) is 33.2 Å². The molecule has 0 aliphatic heterocycles. The Morgan fingerprint density at radius 2 is 1.83 bits per heavy atom. The highest BCUT2D eigenvalue weighted by Gasteiger charge is 2.22. The molecule has 0 fully saturated rings. The summed E-state index contributed by atoms with van der Waals surface area (Å²) in [5.41, 5.74) is -0.384. The number of amides is 1. The minimum absolute atomic E-state index is 0.294. The Balaban J connectivity index is 2.26. The lowest BCUT2D eigenvalue weighted by atomic mass is 10.2. The molecule has 0 aliphatic carbocycles. The SMILES string of the molecule is CCCNC(=O)[C@@H](C)n1c(=O)n(-c2ccc(OCC)cc2)c(=O)c2ccc(Cl)cc21. The smallest absolute Gasteiger partial charge is 0.336 e. The van der Waals surface area contributed by atoms with Crippen molar-refractivity contribution in [1.82, 2.24) is 14.5 Å². The standard InChI is InChI=1S/C22H24ClN3O4/c1-4-12-24-20(27)14(3)25-19-13-15(23)6-11-18(19)21(28)26(22(25)29)16-7-9-17(10-8-16)30-5-2/h6-11,13-14H,4-5,12H2,1-3H3,(H,24,27)/t14-/m1/s1. The minimum atomic E-state index is -0.834. The number of ether oxygens (including phenoxy) is 1. The maximum atomic E-state index is 13.4. The number of hydrogen-bond acceptors (Lipinski definition) is 4. The molecule has 3 aromatic rings. The zero-order valence-electron chi connectivity index (χ0n) is 17.1. The highest BCUT2D eigenvalue weighted by molar-refractivity contribution is 6.31. The Kier molecular flexibility index (Phi) is 6.62. The van der Waals surface area contributed by atoms with Crippen LogP contribution in [0.25, 0.3) is 16.6 Å². The third-order valence-electron chi connectivity index (χ3n) is 4.77. The highest BCUT2D eigenvalue weighted by atomic mass is 35.5. The summed E-state index contributed by atoms with van der Waals surface area (Å²) in [5.74, 6) is 0.326. The van der Waals surface area contributed by atoms with Gasteiger partial charge in [-0.3, -0.25) is 14.2 Å². The van der Waals surface area contributed by atoms with Gasteiger partial charge in [0.25, 0.3) is 5.56 Å². The summed E-state index contributed by atoms with van der Waals surface area (Å²) in [5, 5.41) is 3.46. The fourth-order valence-corrected chi connectivity index (χ4v) is 3.44. The molecule has 1 N–H and O–H groups in total. The van der Waals surface area contributed by atoms with Crippen LogP contribution in [0.5, 0.6) is 5.75 Å². The van der Waals surface area contributed by atoms with Gasteiger partial charge >= 0.3 is 5.69 Å². The topological polar surface area (TPSA) is 82.3 Å². The average molecular weight is 430 g/mol. The summed E-state index contributed by atoms with van der Waals surface area (Å²) in [6.07, 6.45) is 0.769. The molecular weight excluding hydrogens is 406 g/mol. The van der Waals surface area contributed by atoms with E-state index < -0.39 is 17.3 Å². The van der Waals surface area contributed by atoms with Gasteiger partial charge in [0.2, 0.25) is 5.91 Å². The number of aromatic nitrogens is 2. The van der Waals surface area contributed by atoms with Crippen LogP contribution in [-0.4, -0.2) is 28.2 Å². The molecule has 3 rings (SSSR count). The number of carbonyl (C=O) groups excluding carboxylic acids is 1. The molecule has 0 saturated heterocycles. The van der Waals surface area contributed by atoms with Crippen molar-refractivity contribution in [3.8, 4) is 11.4 Å². The predicted octanol–water partition coefficient (Wildman–Crippen LogP) is 3.29. The van der Waals surface area contributed by atoms with Gasteiger partial charge in [0.05, 0.1) is 23.2 Å². The van der Waals surface area contributed by atoms with Crippen LogP contribution in [0.15, 0.2) is 52.1 Å². The van der Waals surface area contributed by atoms with E-state index in [4.69, 9.17) is 16.3 Å². The summed E-state index contributed by atoms with van der Waals surface area (Å²) < 4.78 is 7.81. The van der Waals surface area contributed by atoms with E-state index in [1.54, 1.807) is 43.3 Å². The number of hydrogen-bond donors (Lipinski definition) is 1. The molecule has 0 spiro atoms. The van der Waals surface area contributed by atoms with E-state index in [-0.39, 0.29) is 5.91 Å². The zero-order chi connectivity index (χ0) is 21.8. The number of benzene rings is 2. The molecule has 30 heavy (non-hydrogen) atoms. The maximum Gasteiger partial charge on any atom is 0.336 e. The minimum Gasteiger partial charge on any atom is -0.494 e. The fourth-order valence-electron chi connectivity index (χ4n) is 3.28. The molecular formula is C22H24ClN3O4. The van der Waals surface area contributed by atoms with E-state index in [9.17, 15) is 14.4 Å². The summed E-state index contributed by atoms with van der Waals surface area (Å²) in [6.45, 7) is 6.44. The van der Waals surface area contributed by atoms with Crippen LogP contribution in [0.4, 0.5) is 0 Å². The van der Waals surface area contributed by atoms with E-state index in [0.717, 1.165) is 11.0 Å². The van der Waals surface area contributed by atoms with E-state index in [0.29, 0.717) is 40.5 Å². The maximum absolute atomic E-state index is 13.4. The molecule has 1 atom stereocenters. The van der Waals surface area contributed by atoms with Crippen LogP contribution >= 0.6 is 11.6 Å². The lowest BCUT2D eigenvalue weighted by molar-refractivity contribution is -0.123. The number of halogens is 1. The number of carbonyl (C=O) groups is 1. The van der Waals surface area contributed by atoms with Gasteiger partial charge in [0.1, 0.15) is 11.8 Å². The number of rotatable bonds is 7. The van der Waals surface area contributed by atoms with Gasteiger partial charge < -0.3 is 10.1 Å². The second-order valence-electron chi connectivity index (χ2n) is 6.85. The Labute approximate surface area is 178 Å². The van der Waals surface area contributed by atoms with Gasteiger partial charge in [-0.1, -0.05) is 18.5 Å². The molecule has 0 aliphatic rings. The van der Waals surface area contributed by atoms with Gasteiger partial charge in [-0.25, -0.2) is 9.36 Å².